The molecule has 0 fully saturated rings. The minimum Gasteiger partial charge on any atom is -0.355 e. The molecule has 21 heavy (non-hydrogen) atoms. The number of amides is 1. The Morgan fingerprint density at radius 1 is 1.38 bits per heavy atom. The number of carbonyl (C=O) groups excluding carboxylic acids is 1. The molecule has 1 aromatic carbocycles. The lowest BCUT2D eigenvalue weighted by atomic mass is 10.2. The summed E-state index contributed by atoms with van der Waals surface area (Å²) < 4.78 is 1.03. The van der Waals surface area contributed by atoms with Crippen molar-refractivity contribution in [3.63, 3.8) is 0 Å². The van der Waals surface area contributed by atoms with Crippen molar-refractivity contribution in [3.05, 3.63) is 64.9 Å². The standard InChI is InChI=1S/C16H16BrN3O/c1-3-7-19-16(21)15-10-13(6-8-18-15)20-14-5-4-12(17)9-11(14)2/h3-6,8-10H,1,7H2,2H3,(H,18,20)(H,19,21). The quantitative estimate of drug-likeness (QED) is 0.810. The van der Waals surface area contributed by atoms with Crippen LogP contribution in [0.15, 0.2) is 53.7 Å². The molecule has 2 aromatic rings. The maximum absolute atomic E-state index is 11.9. The second-order valence-electron chi connectivity index (χ2n) is 4.51. The Morgan fingerprint density at radius 3 is 2.90 bits per heavy atom. The van der Waals surface area contributed by atoms with Crippen molar-refractivity contribution in [1.82, 2.24) is 10.3 Å². The highest BCUT2D eigenvalue weighted by Gasteiger charge is 2.07. The Bertz CT molecular complexity index is 670. The van der Waals surface area contributed by atoms with Gasteiger partial charge in [-0.25, -0.2) is 0 Å². The Morgan fingerprint density at radius 2 is 2.19 bits per heavy atom. The first-order valence-electron chi connectivity index (χ1n) is 6.48. The molecule has 0 radical (unpaired) electrons. The summed E-state index contributed by atoms with van der Waals surface area (Å²) in [5.41, 5.74) is 3.29. The van der Waals surface area contributed by atoms with E-state index in [1.807, 2.05) is 31.2 Å². The van der Waals surface area contributed by atoms with Crippen LogP contribution in [0.2, 0.25) is 0 Å². The predicted molar refractivity (Wildman–Crippen MR) is 88.9 cm³/mol. The van der Waals surface area contributed by atoms with Crippen LogP contribution in [0.1, 0.15) is 16.1 Å². The topological polar surface area (TPSA) is 54.0 Å². The van der Waals surface area contributed by atoms with E-state index in [4.69, 9.17) is 0 Å². The lowest BCUT2D eigenvalue weighted by Crippen LogP contribution is -2.24. The van der Waals surface area contributed by atoms with Crippen molar-refractivity contribution < 1.29 is 4.79 Å². The summed E-state index contributed by atoms with van der Waals surface area (Å²) in [6, 6.07) is 9.53. The first-order valence-corrected chi connectivity index (χ1v) is 7.28. The third kappa shape index (κ3) is 4.16. The first-order chi connectivity index (χ1) is 10.1. The second kappa shape index (κ2) is 7.04. The van der Waals surface area contributed by atoms with Crippen molar-refractivity contribution in [3.8, 4) is 0 Å². The molecular weight excluding hydrogens is 330 g/mol. The average molecular weight is 346 g/mol. The molecule has 0 bridgehead atoms. The minimum atomic E-state index is -0.217. The van der Waals surface area contributed by atoms with Crippen LogP contribution in [0, 0.1) is 6.92 Å². The van der Waals surface area contributed by atoms with Gasteiger partial charge in [-0.05, 0) is 42.8 Å². The van der Waals surface area contributed by atoms with Crippen LogP contribution in [0.5, 0.6) is 0 Å². The van der Waals surface area contributed by atoms with Crippen molar-refractivity contribution in [2.45, 2.75) is 6.92 Å². The summed E-state index contributed by atoms with van der Waals surface area (Å²) >= 11 is 3.44. The van der Waals surface area contributed by atoms with Gasteiger partial charge in [0.2, 0.25) is 0 Å². The van der Waals surface area contributed by atoms with E-state index < -0.39 is 0 Å². The molecule has 0 atom stereocenters. The van der Waals surface area contributed by atoms with E-state index in [-0.39, 0.29) is 5.91 Å². The van der Waals surface area contributed by atoms with Gasteiger partial charge in [0.05, 0.1) is 0 Å². The molecule has 2 N–H and O–H groups in total. The van der Waals surface area contributed by atoms with E-state index in [9.17, 15) is 4.79 Å². The first kappa shape index (κ1) is 15.3. The fraction of sp³-hybridized carbons (Fsp3) is 0.125. The molecule has 0 saturated carbocycles. The zero-order chi connectivity index (χ0) is 15.2. The molecule has 0 saturated heterocycles. The number of aryl methyl sites for hydroxylation is 1. The SMILES string of the molecule is C=CCNC(=O)c1cc(Nc2ccc(Br)cc2C)ccn1. The highest BCUT2D eigenvalue weighted by atomic mass is 79.9. The molecule has 0 unspecified atom stereocenters. The fourth-order valence-electron chi connectivity index (χ4n) is 1.81. The fourth-order valence-corrected chi connectivity index (χ4v) is 2.29. The van der Waals surface area contributed by atoms with E-state index in [1.165, 1.54) is 0 Å². The molecule has 0 aliphatic carbocycles. The van der Waals surface area contributed by atoms with Gasteiger partial charge in [-0.3, -0.25) is 9.78 Å². The smallest absolute Gasteiger partial charge is 0.270 e. The number of hydrogen-bond acceptors (Lipinski definition) is 3. The Balaban J connectivity index is 2.17. The number of aromatic nitrogens is 1. The summed E-state index contributed by atoms with van der Waals surface area (Å²) in [7, 11) is 0. The van der Waals surface area contributed by atoms with Crippen LogP contribution in [0.4, 0.5) is 11.4 Å². The summed E-state index contributed by atoms with van der Waals surface area (Å²) in [5, 5.41) is 5.99. The zero-order valence-electron chi connectivity index (χ0n) is 11.7. The highest BCUT2D eigenvalue weighted by molar-refractivity contribution is 9.10. The summed E-state index contributed by atoms with van der Waals surface area (Å²) in [6.45, 7) is 6.01. The Labute approximate surface area is 132 Å². The maximum atomic E-state index is 11.9. The monoisotopic (exact) mass is 345 g/mol. The number of nitrogens with one attached hydrogen (secondary N) is 2. The number of rotatable bonds is 5. The van der Waals surface area contributed by atoms with Gasteiger partial charge in [-0.1, -0.05) is 22.0 Å². The van der Waals surface area contributed by atoms with Crippen LogP contribution in [0.3, 0.4) is 0 Å². The van der Waals surface area contributed by atoms with Crippen LogP contribution >= 0.6 is 15.9 Å². The van der Waals surface area contributed by atoms with Crippen LogP contribution in [-0.2, 0) is 0 Å². The maximum Gasteiger partial charge on any atom is 0.270 e. The highest BCUT2D eigenvalue weighted by Crippen LogP contribution is 2.23. The lowest BCUT2D eigenvalue weighted by molar-refractivity contribution is 0.0953. The molecule has 4 nitrogen and oxygen atoms in total. The van der Waals surface area contributed by atoms with Gasteiger partial charge in [-0.15, -0.1) is 6.58 Å². The van der Waals surface area contributed by atoms with Crippen molar-refractivity contribution >= 4 is 33.2 Å². The molecule has 0 spiro atoms. The molecule has 108 valence electrons. The molecular formula is C16H16BrN3O. The van der Waals surface area contributed by atoms with Gasteiger partial charge < -0.3 is 10.6 Å². The van der Waals surface area contributed by atoms with E-state index in [0.717, 1.165) is 21.4 Å². The molecule has 5 heteroatoms. The molecule has 0 aliphatic rings. The Hall–Kier alpha value is -2.14. The number of benzene rings is 1. The summed E-state index contributed by atoms with van der Waals surface area (Å²) in [5.74, 6) is -0.217. The number of hydrogen-bond donors (Lipinski definition) is 2. The van der Waals surface area contributed by atoms with E-state index in [1.54, 1.807) is 18.3 Å². The third-order valence-corrected chi connectivity index (χ3v) is 3.36. The lowest BCUT2D eigenvalue weighted by Gasteiger charge is -2.10. The van der Waals surface area contributed by atoms with E-state index in [2.05, 4.69) is 38.1 Å². The van der Waals surface area contributed by atoms with Crippen molar-refractivity contribution in [2.24, 2.45) is 0 Å². The average Bonchev–Trinajstić information content (AvgIpc) is 2.48. The van der Waals surface area contributed by atoms with Crippen LogP contribution in [-0.4, -0.2) is 17.4 Å². The van der Waals surface area contributed by atoms with Crippen molar-refractivity contribution in [2.75, 3.05) is 11.9 Å². The van der Waals surface area contributed by atoms with Crippen LogP contribution in [0.25, 0.3) is 0 Å². The van der Waals surface area contributed by atoms with Crippen LogP contribution < -0.4 is 10.6 Å². The molecule has 1 amide bonds. The van der Waals surface area contributed by atoms with Gasteiger partial charge in [0.15, 0.2) is 0 Å². The number of anilines is 2. The Kier molecular flexibility index (Phi) is 5.11. The largest absolute Gasteiger partial charge is 0.355 e. The molecule has 2 rings (SSSR count). The molecule has 1 heterocycles. The summed E-state index contributed by atoms with van der Waals surface area (Å²) in [6.07, 6.45) is 3.24. The number of carbonyl (C=O) groups is 1. The summed E-state index contributed by atoms with van der Waals surface area (Å²) in [4.78, 5) is 15.9. The van der Waals surface area contributed by atoms with E-state index >= 15 is 0 Å². The van der Waals surface area contributed by atoms with Gasteiger partial charge in [0.25, 0.3) is 5.91 Å². The minimum absolute atomic E-state index is 0.217. The predicted octanol–water partition coefficient (Wildman–Crippen LogP) is 3.81. The normalized spacial score (nSPS) is 10.0. The molecule has 0 aliphatic heterocycles. The van der Waals surface area contributed by atoms with Gasteiger partial charge in [0, 0.05) is 28.6 Å². The number of halogens is 1. The second-order valence-corrected chi connectivity index (χ2v) is 5.43. The number of pyridine rings is 1. The molecule has 1 aromatic heterocycles. The van der Waals surface area contributed by atoms with E-state index in [0.29, 0.717) is 12.2 Å². The van der Waals surface area contributed by atoms with Gasteiger partial charge >= 0.3 is 0 Å². The zero-order valence-corrected chi connectivity index (χ0v) is 13.3. The van der Waals surface area contributed by atoms with Gasteiger partial charge in [0.1, 0.15) is 5.69 Å². The number of nitrogens with zero attached hydrogens (tertiary/aromatic N) is 1. The van der Waals surface area contributed by atoms with Gasteiger partial charge in [-0.2, -0.15) is 0 Å². The third-order valence-electron chi connectivity index (χ3n) is 2.87. The van der Waals surface area contributed by atoms with Crippen molar-refractivity contribution in [1.29, 1.82) is 0 Å².